The van der Waals surface area contributed by atoms with Crippen LogP contribution in [0.15, 0.2) is 66.9 Å². The van der Waals surface area contributed by atoms with Crippen LogP contribution in [0.4, 0.5) is 5.82 Å². The maximum absolute atomic E-state index is 11.8. The van der Waals surface area contributed by atoms with Gasteiger partial charge in [-0.25, -0.2) is 4.98 Å². The van der Waals surface area contributed by atoms with Gasteiger partial charge in [0.25, 0.3) is 0 Å². The number of nitrogens with two attached hydrogens (primary N) is 1. The number of pyridine rings is 1. The van der Waals surface area contributed by atoms with E-state index in [9.17, 15) is 14.7 Å². The zero-order chi connectivity index (χ0) is 31.2. The summed E-state index contributed by atoms with van der Waals surface area (Å²) in [6.45, 7) is 9.50. The normalized spacial score (nSPS) is 21.8. The molecular formula is C36H48N4O3. The number of aliphatic hydroxyl groups is 1. The largest absolute Gasteiger partial charge is 0.390 e. The first-order valence-corrected chi connectivity index (χ1v) is 15.7. The van der Waals surface area contributed by atoms with Crippen LogP contribution in [0.25, 0.3) is 22.3 Å². The molecular weight excluding hydrogens is 536 g/mol. The highest BCUT2D eigenvalue weighted by atomic mass is 16.3. The van der Waals surface area contributed by atoms with Crippen LogP contribution in [-0.4, -0.2) is 44.5 Å². The Bertz CT molecular complexity index is 1370. The predicted octanol–water partition coefficient (Wildman–Crippen LogP) is 7.04. The van der Waals surface area contributed by atoms with Gasteiger partial charge in [-0.2, -0.15) is 0 Å². The van der Waals surface area contributed by atoms with Crippen molar-refractivity contribution in [2.24, 2.45) is 5.73 Å². The summed E-state index contributed by atoms with van der Waals surface area (Å²) >= 11 is 0. The van der Waals surface area contributed by atoms with E-state index in [4.69, 9.17) is 5.73 Å². The lowest BCUT2D eigenvalue weighted by Crippen LogP contribution is -2.58. The van der Waals surface area contributed by atoms with Gasteiger partial charge >= 0.3 is 0 Å². The number of anilines is 1. The smallest absolute Gasteiger partial charge is 0.222 e. The second kappa shape index (κ2) is 13.8. The number of nitrogens with zero attached hydrogens (tertiary/aromatic N) is 2. The molecule has 7 heteroatoms. The van der Waals surface area contributed by atoms with Gasteiger partial charge in [0, 0.05) is 42.7 Å². The Labute approximate surface area is 256 Å². The van der Waals surface area contributed by atoms with E-state index in [1.165, 1.54) is 39.0 Å². The molecule has 0 unspecified atom stereocenters. The van der Waals surface area contributed by atoms with E-state index in [2.05, 4.69) is 29.0 Å². The number of carbonyl (C=O) groups is 2. The minimum absolute atomic E-state index is 0.154. The average Bonchev–Trinajstić information content (AvgIpc) is 2.97. The molecule has 2 aliphatic carbocycles. The lowest BCUT2D eigenvalue weighted by Gasteiger charge is -2.49. The molecule has 7 nitrogen and oxygen atoms in total. The third kappa shape index (κ3) is 8.09. The second-order valence-corrected chi connectivity index (χ2v) is 12.8. The molecule has 2 fully saturated rings. The lowest BCUT2D eigenvalue weighted by atomic mass is 9.63. The van der Waals surface area contributed by atoms with Crippen LogP contribution in [0.3, 0.4) is 0 Å². The predicted molar refractivity (Wildman–Crippen MR) is 174 cm³/mol. The number of hydrogen-bond donors (Lipinski definition) is 3. The van der Waals surface area contributed by atoms with Crippen molar-refractivity contribution in [3.8, 4) is 22.3 Å². The topological polar surface area (TPSA) is 109 Å². The molecule has 43 heavy (non-hydrogen) atoms. The van der Waals surface area contributed by atoms with Crippen molar-refractivity contribution in [1.82, 2.24) is 9.88 Å². The van der Waals surface area contributed by atoms with E-state index in [0.29, 0.717) is 43.1 Å². The lowest BCUT2D eigenvalue weighted by molar-refractivity contribution is -0.136. The first kappa shape index (κ1) is 32.4. The number of amides is 2. The summed E-state index contributed by atoms with van der Waals surface area (Å²) < 4.78 is 0. The van der Waals surface area contributed by atoms with Crippen molar-refractivity contribution in [2.75, 3.05) is 5.32 Å². The van der Waals surface area contributed by atoms with Gasteiger partial charge in [-0.1, -0.05) is 80.8 Å². The van der Waals surface area contributed by atoms with Crippen LogP contribution < -0.4 is 11.1 Å². The fourth-order valence-electron chi connectivity index (χ4n) is 6.74. The van der Waals surface area contributed by atoms with Gasteiger partial charge in [0.05, 0.1) is 5.60 Å². The van der Waals surface area contributed by atoms with Gasteiger partial charge in [0.2, 0.25) is 11.8 Å². The Kier molecular flexibility index (Phi) is 10.4. The first-order chi connectivity index (χ1) is 20.4. The van der Waals surface area contributed by atoms with Crippen molar-refractivity contribution in [3.05, 3.63) is 72.4 Å². The molecule has 3 aromatic rings. The van der Waals surface area contributed by atoms with Crippen LogP contribution in [0.5, 0.6) is 0 Å². The molecule has 0 radical (unpaired) electrons. The summed E-state index contributed by atoms with van der Waals surface area (Å²) in [7, 11) is 0. The van der Waals surface area contributed by atoms with E-state index in [1.807, 2.05) is 74.5 Å². The number of benzene rings is 2. The number of hydrogen-bond acceptors (Lipinski definition) is 5. The highest BCUT2D eigenvalue weighted by Crippen LogP contribution is 2.46. The maximum Gasteiger partial charge on any atom is 0.222 e. The molecule has 2 saturated carbocycles. The molecule has 0 saturated heterocycles. The molecule has 230 valence electrons. The Morgan fingerprint density at radius 3 is 2.14 bits per heavy atom. The molecule has 2 aromatic carbocycles. The Morgan fingerprint density at radius 1 is 1.00 bits per heavy atom. The van der Waals surface area contributed by atoms with Gasteiger partial charge in [0.15, 0.2) is 0 Å². The SMILES string of the molecule is CC(=O)Nc1cc(-c2ccccc2)c(-c2ccc(C3(N)CC(C)(O)C3)cc2)cn1.CCC(=O)N(C(C)C)C1CCCCC1. The summed E-state index contributed by atoms with van der Waals surface area (Å²) in [5.74, 6) is 0.694. The molecule has 4 N–H and O–H groups in total. The van der Waals surface area contributed by atoms with E-state index in [0.717, 1.165) is 27.8 Å². The molecule has 2 amide bonds. The van der Waals surface area contributed by atoms with E-state index < -0.39 is 11.1 Å². The van der Waals surface area contributed by atoms with E-state index in [-0.39, 0.29) is 5.91 Å². The van der Waals surface area contributed by atoms with Crippen molar-refractivity contribution >= 4 is 17.6 Å². The molecule has 2 aliphatic rings. The molecule has 0 atom stereocenters. The van der Waals surface area contributed by atoms with E-state index >= 15 is 0 Å². The number of carbonyl (C=O) groups excluding carboxylic acids is 2. The van der Waals surface area contributed by atoms with Crippen LogP contribution in [0, 0.1) is 0 Å². The van der Waals surface area contributed by atoms with Crippen molar-refractivity contribution in [2.45, 2.75) is 109 Å². The van der Waals surface area contributed by atoms with Gasteiger partial charge in [-0.3, -0.25) is 9.59 Å². The van der Waals surface area contributed by atoms with Crippen LogP contribution in [0.1, 0.15) is 91.5 Å². The van der Waals surface area contributed by atoms with Crippen molar-refractivity contribution in [1.29, 1.82) is 0 Å². The summed E-state index contributed by atoms with van der Waals surface area (Å²) in [6, 6.07) is 20.9. The highest BCUT2D eigenvalue weighted by Gasteiger charge is 2.49. The maximum atomic E-state index is 11.8. The quantitative estimate of drug-likeness (QED) is 0.276. The summed E-state index contributed by atoms with van der Waals surface area (Å²) in [4.78, 5) is 29.7. The Morgan fingerprint density at radius 2 is 1.60 bits per heavy atom. The van der Waals surface area contributed by atoms with Gasteiger partial charge in [-0.15, -0.1) is 0 Å². The summed E-state index contributed by atoms with van der Waals surface area (Å²) in [6.07, 6.45) is 9.92. The third-order valence-electron chi connectivity index (χ3n) is 8.57. The van der Waals surface area contributed by atoms with Crippen LogP contribution >= 0.6 is 0 Å². The Balaban J connectivity index is 0.000000255. The molecule has 1 heterocycles. The van der Waals surface area contributed by atoms with Gasteiger partial charge in [0.1, 0.15) is 5.82 Å². The molecule has 0 bridgehead atoms. The minimum atomic E-state index is -0.683. The van der Waals surface area contributed by atoms with Crippen LogP contribution in [0.2, 0.25) is 0 Å². The van der Waals surface area contributed by atoms with Gasteiger partial charge < -0.3 is 21.1 Å². The third-order valence-corrected chi connectivity index (χ3v) is 8.57. The van der Waals surface area contributed by atoms with E-state index in [1.54, 1.807) is 6.20 Å². The average molecular weight is 585 g/mol. The molecule has 0 aliphatic heterocycles. The standard InChI is InChI=1S/C24H25N3O2.C12H23NO/c1-16(28)27-22-12-20(17-6-4-3-5-7-17)21(13-26-22)18-8-10-19(11-9-18)24(25)14-23(2,29)15-24;1-4-12(14)13(10(2)3)11-8-6-5-7-9-11/h3-13,29H,14-15,25H2,1-2H3,(H,26,27,28);10-11H,4-9H2,1-3H3. The summed E-state index contributed by atoms with van der Waals surface area (Å²) in [5.41, 5.74) is 10.4. The monoisotopic (exact) mass is 584 g/mol. The molecule has 1 aromatic heterocycles. The van der Waals surface area contributed by atoms with Crippen molar-refractivity contribution < 1.29 is 14.7 Å². The first-order valence-electron chi connectivity index (χ1n) is 15.7. The fourth-order valence-corrected chi connectivity index (χ4v) is 6.74. The van der Waals surface area contributed by atoms with Gasteiger partial charge in [-0.05, 0) is 74.8 Å². The zero-order valence-electron chi connectivity index (χ0n) is 26.4. The summed E-state index contributed by atoms with van der Waals surface area (Å²) in [5, 5.41) is 12.8. The minimum Gasteiger partial charge on any atom is -0.390 e. The second-order valence-electron chi connectivity index (χ2n) is 12.8. The number of aromatic nitrogens is 1. The zero-order valence-corrected chi connectivity index (χ0v) is 26.4. The van der Waals surface area contributed by atoms with Crippen LogP contribution in [-0.2, 0) is 15.1 Å². The number of rotatable bonds is 7. The molecule has 5 rings (SSSR count). The fraction of sp³-hybridized carbons (Fsp3) is 0.472. The highest BCUT2D eigenvalue weighted by molar-refractivity contribution is 5.91. The van der Waals surface area contributed by atoms with Crippen molar-refractivity contribution in [3.63, 3.8) is 0 Å². The Hall–Kier alpha value is -3.55. The number of nitrogens with one attached hydrogen (secondary N) is 1. The molecule has 0 spiro atoms.